The lowest BCUT2D eigenvalue weighted by molar-refractivity contribution is -0.159. The molecule has 1 amide bonds. The summed E-state index contributed by atoms with van der Waals surface area (Å²) in [5, 5.41) is 3.04. The van der Waals surface area contributed by atoms with Gasteiger partial charge in [0.1, 0.15) is 11.7 Å². The highest BCUT2D eigenvalue weighted by Crippen LogP contribution is 2.51. The Morgan fingerprint density at radius 1 is 1.11 bits per heavy atom. The Kier molecular flexibility index (Phi) is 5.78. The van der Waals surface area contributed by atoms with Crippen LogP contribution >= 0.6 is 11.8 Å². The first-order valence-electron chi connectivity index (χ1n) is 9.95. The minimum atomic E-state index is -0.657. The summed E-state index contributed by atoms with van der Waals surface area (Å²) in [6, 6.07) is 10.3. The lowest BCUT2D eigenvalue weighted by Gasteiger charge is -2.35. The molecule has 1 heterocycles. The minimum absolute atomic E-state index is 0.0684. The zero-order valence-corrected chi connectivity index (χ0v) is 18.8. The van der Waals surface area contributed by atoms with Crippen LogP contribution in [0.1, 0.15) is 54.9 Å². The van der Waals surface area contributed by atoms with Gasteiger partial charge in [-0.25, -0.2) is 4.79 Å². The van der Waals surface area contributed by atoms with Crippen molar-refractivity contribution >= 4 is 17.9 Å². The maximum atomic E-state index is 12.4. The van der Waals surface area contributed by atoms with Crippen molar-refractivity contribution in [2.45, 2.75) is 94.2 Å². The van der Waals surface area contributed by atoms with Crippen molar-refractivity contribution in [2.24, 2.45) is 5.92 Å². The number of hydrogen-bond donors (Lipinski definition) is 1. The number of alkyl carbamates (subject to hydrolysis) is 1. The molecule has 1 aliphatic carbocycles. The molecule has 2 aliphatic rings. The molecule has 0 aromatic heterocycles. The molecule has 156 valence electrons. The summed E-state index contributed by atoms with van der Waals surface area (Å²) in [4.78, 5) is 13.6. The number of carbonyl (C=O) groups is 1. The van der Waals surface area contributed by atoms with E-state index in [-0.39, 0.29) is 28.9 Å². The molecule has 0 bridgehead atoms. The van der Waals surface area contributed by atoms with Gasteiger partial charge in [0.05, 0.1) is 12.1 Å². The van der Waals surface area contributed by atoms with Crippen molar-refractivity contribution in [3.05, 3.63) is 30.3 Å². The molecule has 0 spiro atoms. The van der Waals surface area contributed by atoms with Crippen molar-refractivity contribution in [3.63, 3.8) is 0 Å². The number of carbonyl (C=O) groups excluding carboxylic acids is 1. The van der Waals surface area contributed by atoms with E-state index in [9.17, 15) is 4.79 Å². The maximum Gasteiger partial charge on any atom is 0.407 e. The smallest absolute Gasteiger partial charge is 0.407 e. The topological polar surface area (TPSA) is 56.8 Å². The number of hydrogen-bond acceptors (Lipinski definition) is 5. The molecule has 6 heteroatoms. The van der Waals surface area contributed by atoms with Crippen LogP contribution in [-0.4, -0.2) is 40.5 Å². The molecule has 0 unspecified atom stereocenters. The van der Waals surface area contributed by atoms with E-state index in [0.29, 0.717) is 0 Å². The number of ether oxygens (including phenoxy) is 3. The van der Waals surface area contributed by atoms with Crippen LogP contribution in [0.2, 0.25) is 0 Å². The van der Waals surface area contributed by atoms with Crippen LogP contribution < -0.4 is 5.32 Å². The van der Waals surface area contributed by atoms with E-state index in [0.717, 1.165) is 6.42 Å². The predicted molar refractivity (Wildman–Crippen MR) is 111 cm³/mol. The molecule has 1 aromatic carbocycles. The molecule has 1 N–H and O–H groups in total. The van der Waals surface area contributed by atoms with E-state index in [4.69, 9.17) is 14.2 Å². The summed E-state index contributed by atoms with van der Waals surface area (Å²) < 4.78 is 17.9. The summed E-state index contributed by atoms with van der Waals surface area (Å²) in [5.74, 6) is -0.431. The zero-order chi connectivity index (χ0) is 20.7. The zero-order valence-electron chi connectivity index (χ0n) is 17.9. The number of fused-ring (bicyclic) bond motifs is 1. The van der Waals surface area contributed by atoms with Crippen LogP contribution in [0.15, 0.2) is 35.2 Å². The summed E-state index contributed by atoms with van der Waals surface area (Å²) in [7, 11) is 0. The average Bonchev–Trinajstić information content (AvgIpc) is 3.00. The average molecular weight is 408 g/mol. The summed E-state index contributed by atoms with van der Waals surface area (Å²) in [6.07, 6.45) is 0.139. The Hall–Kier alpha value is -1.24. The van der Waals surface area contributed by atoms with Crippen molar-refractivity contribution in [2.75, 3.05) is 0 Å². The number of amides is 1. The van der Waals surface area contributed by atoms with E-state index in [2.05, 4.69) is 43.4 Å². The Balaban J connectivity index is 1.77. The van der Waals surface area contributed by atoms with E-state index in [1.807, 2.05) is 52.4 Å². The normalized spacial score (nSPS) is 29.4. The van der Waals surface area contributed by atoms with Crippen LogP contribution in [0.4, 0.5) is 4.79 Å². The first-order valence-corrected chi connectivity index (χ1v) is 10.8. The van der Waals surface area contributed by atoms with Gasteiger partial charge < -0.3 is 19.5 Å². The third-order valence-electron chi connectivity index (χ3n) is 5.18. The van der Waals surface area contributed by atoms with Crippen LogP contribution in [0.3, 0.4) is 0 Å². The third-order valence-corrected chi connectivity index (χ3v) is 6.52. The first kappa shape index (κ1) is 21.5. The highest BCUT2D eigenvalue weighted by Gasteiger charge is 2.58. The van der Waals surface area contributed by atoms with Crippen LogP contribution in [-0.2, 0) is 14.2 Å². The molecule has 2 fully saturated rings. The van der Waals surface area contributed by atoms with E-state index in [1.165, 1.54) is 4.90 Å². The van der Waals surface area contributed by atoms with Gasteiger partial charge in [-0.3, -0.25) is 0 Å². The van der Waals surface area contributed by atoms with Crippen molar-refractivity contribution in [1.82, 2.24) is 5.32 Å². The fourth-order valence-corrected chi connectivity index (χ4v) is 5.41. The molecule has 1 aromatic rings. The highest BCUT2D eigenvalue weighted by molar-refractivity contribution is 8.00. The van der Waals surface area contributed by atoms with E-state index < -0.39 is 17.5 Å². The fourth-order valence-electron chi connectivity index (χ4n) is 4.13. The SMILES string of the molecule is CC(C)(C)OC(=O)N[C@@H]1C[C@H](C(C)(C)Sc2ccccc2)[C@H]2OC(C)(C)O[C@H]21. The molecule has 1 aliphatic heterocycles. The number of benzene rings is 1. The van der Waals surface area contributed by atoms with Gasteiger partial charge in [-0.15, -0.1) is 11.8 Å². The molecule has 0 radical (unpaired) electrons. The minimum Gasteiger partial charge on any atom is -0.444 e. The van der Waals surface area contributed by atoms with Crippen molar-refractivity contribution in [1.29, 1.82) is 0 Å². The van der Waals surface area contributed by atoms with Crippen LogP contribution in [0.5, 0.6) is 0 Å². The molecular formula is C22H33NO4S. The van der Waals surface area contributed by atoms with Gasteiger partial charge in [0.25, 0.3) is 0 Å². The summed E-state index contributed by atoms with van der Waals surface area (Å²) in [6.45, 7) is 14.0. The highest BCUT2D eigenvalue weighted by atomic mass is 32.2. The second-order valence-electron chi connectivity index (χ2n) is 9.68. The molecule has 4 atom stereocenters. The Bertz CT molecular complexity index is 698. The second kappa shape index (κ2) is 7.54. The van der Waals surface area contributed by atoms with Gasteiger partial charge in [-0.2, -0.15) is 0 Å². The van der Waals surface area contributed by atoms with Gasteiger partial charge in [-0.1, -0.05) is 18.2 Å². The largest absolute Gasteiger partial charge is 0.444 e. The van der Waals surface area contributed by atoms with Gasteiger partial charge in [-0.05, 0) is 67.0 Å². The maximum absolute atomic E-state index is 12.4. The number of rotatable bonds is 4. The fraction of sp³-hybridized carbons (Fsp3) is 0.682. The molecule has 28 heavy (non-hydrogen) atoms. The van der Waals surface area contributed by atoms with Crippen LogP contribution in [0, 0.1) is 5.92 Å². The van der Waals surface area contributed by atoms with Gasteiger partial charge >= 0.3 is 6.09 Å². The lowest BCUT2D eigenvalue weighted by atomic mass is 9.91. The Morgan fingerprint density at radius 2 is 1.71 bits per heavy atom. The molecule has 1 saturated carbocycles. The molecule has 1 saturated heterocycles. The van der Waals surface area contributed by atoms with Gasteiger partial charge in [0.2, 0.25) is 0 Å². The quantitative estimate of drug-likeness (QED) is 0.713. The first-order chi connectivity index (χ1) is 12.9. The second-order valence-corrected chi connectivity index (χ2v) is 11.4. The third kappa shape index (κ3) is 5.02. The monoisotopic (exact) mass is 407 g/mol. The lowest BCUT2D eigenvalue weighted by Crippen LogP contribution is -2.45. The van der Waals surface area contributed by atoms with Crippen molar-refractivity contribution in [3.8, 4) is 0 Å². The van der Waals surface area contributed by atoms with Crippen LogP contribution in [0.25, 0.3) is 0 Å². The summed E-state index contributed by atoms with van der Waals surface area (Å²) in [5.41, 5.74) is -0.532. The number of nitrogens with one attached hydrogen (secondary N) is 1. The summed E-state index contributed by atoms with van der Waals surface area (Å²) >= 11 is 1.84. The Morgan fingerprint density at radius 3 is 2.32 bits per heavy atom. The van der Waals surface area contributed by atoms with Gasteiger partial charge in [0.15, 0.2) is 5.79 Å². The molecule has 3 rings (SSSR count). The van der Waals surface area contributed by atoms with Gasteiger partial charge in [0, 0.05) is 15.6 Å². The predicted octanol–water partition coefficient (Wildman–Crippen LogP) is 4.99. The number of thioether (sulfide) groups is 1. The van der Waals surface area contributed by atoms with E-state index in [1.54, 1.807) is 0 Å². The van der Waals surface area contributed by atoms with E-state index >= 15 is 0 Å². The van der Waals surface area contributed by atoms with Crippen molar-refractivity contribution < 1.29 is 19.0 Å². The standard InChI is InChI=1S/C22H33NO4S/c1-20(2,3)27-19(24)23-16-13-15(17-18(16)26-22(6,7)25-17)21(4,5)28-14-11-9-8-10-12-14/h8-12,15-18H,13H2,1-7H3,(H,23,24)/t15-,16+,17+,18-/m0/s1. The molecule has 5 nitrogen and oxygen atoms in total. The Labute approximate surface area is 172 Å². The molecular weight excluding hydrogens is 374 g/mol.